The van der Waals surface area contributed by atoms with Crippen LogP contribution in [0, 0.1) is 0 Å². The largest absolute Gasteiger partial charge is 0.396 e. The molecule has 1 aliphatic carbocycles. The van der Waals surface area contributed by atoms with Crippen molar-refractivity contribution in [3.63, 3.8) is 0 Å². The lowest BCUT2D eigenvalue weighted by molar-refractivity contribution is -0.130. The van der Waals surface area contributed by atoms with Crippen molar-refractivity contribution in [3.05, 3.63) is 33.2 Å². The second-order valence-electron chi connectivity index (χ2n) is 5.79. The van der Waals surface area contributed by atoms with E-state index in [4.69, 9.17) is 16.7 Å². The average Bonchev–Trinajstić information content (AvgIpc) is 2.88. The first-order valence-electron chi connectivity index (χ1n) is 8.10. The topological polar surface area (TPSA) is 78.3 Å². The number of nitrogens with one attached hydrogen (secondary N) is 1. The Morgan fingerprint density at radius 3 is 3.00 bits per heavy atom. The molecule has 2 rings (SSSR count). The Morgan fingerprint density at radius 2 is 2.35 bits per heavy atom. The quantitative estimate of drug-likeness (QED) is 0.793. The Morgan fingerprint density at radius 1 is 1.57 bits per heavy atom. The maximum absolute atomic E-state index is 12.3. The zero-order valence-corrected chi connectivity index (χ0v) is 14.2. The fourth-order valence-electron chi connectivity index (χ4n) is 2.85. The van der Waals surface area contributed by atoms with Crippen LogP contribution in [0.15, 0.2) is 22.0 Å². The third-order valence-corrected chi connectivity index (χ3v) is 4.40. The summed E-state index contributed by atoms with van der Waals surface area (Å²) in [6.45, 7) is 3.08. The molecule has 23 heavy (non-hydrogen) atoms. The molecule has 1 heterocycles. The zero-order valence-electron chi connectivity index (χ0n) is 13.4. The second kappa shape index (κ2) is 8.36. The first kappa shape index (κ1) is 17.8. The zero-order chi connectivity index (χ0) is 16.8. The summed E-state index contributed by atoms with van der Waals surface area (Å²) < 4.78 is 1.55. The van der Waals surface area contributed by atoms with Crippen LogP contribution in [-0.4, -0.2) is 45.4 Å². The van der Waals surface area contributed by atoms with Crippen LogP contribution in [-0.2, 0) is 11.2 Å². The number of aromatic amines is 1. The number of likely N-dealkylation sites (N-methyl/N-ethyl adjacent to an activating group) is 1. The number of aliphatic hydroxyl groups is 1. The molecule has 1 aromatic rings. The van der Waals surface area contributed by atoms with Crippen LogP contribution in [0.2, 0.25) is 0 Å². The molecular formula is C16H24ClN3O3. The number of rotatable bonds is 7. The maximum Gasteiger partial charge on any atom is 0.267 e. The number of halogens is 1. The van der Waals surface area contributed by atoms with Crippen molar-refractivity contribution in [3.8, 4) is 0 Å². The first-order chi connectivity index (χ1) is 11.0. The number of carbonyl (C=O) groups is 1. The van der Waals surface area contributed by atoms with Crippen molar-refractivity contribution in [1.29, 1.82) is 0 Å². The molecule has 0 saturated carbocycles. The van der Waals surface area contributed by atoms with E-state index in [-0.39, 0.29) is 30.5 Å². The van der Waals surface area contributed by atoms with Crippen molar-refractivity contribution in [2.45, 2.75) is 45.1 Å². The molecule has 128 valence electrons. The number of allylic oxidation sites excluding steroid dienone is 2. The van der Waals surface area contributed by atoms with Gasteiger partial charge in [-0.3, -0.25) is 14.7 Å². The van der Waals surface area contributed by atoms with Crippen LogP contribution in [0.5, 0.6) is 0 Å². The Hall–Kier alpha value is -1.53. The molecule has 7 heteroatoms. The van der Waals surface area contributed by atoms with Crippen LogP contribution < -0.4 is 5.56 Å². The Kier molecular flexibility index (Phi) is 6.47. The molecule has 0 aromatic carbocycles. The number of hydrogen-bond acceptors (Lipinski definition) is 3. The lowest BCUT2D eigenvalue weighted by Gasteiger charge is -2.20. The number of H-pyrrole nitrogens is 1. The van der Waals surface area contributed by atoms with Crippen molar-refractivity contribution >= 4 is 17.5 Å². The fraction of sp³-hybridized carbons (Fsp3) is 0.625. The van der Waals surface area contributed by atoms with Crippen molar-refractivity contribution in [2.24, 2.45) is 0 Å². The van der Waals surface area contributed by atoms with Crippen molar-refractivity contribution in [2.75, 3.05) is 19.7 Å². The van der Waals surface area contributed by atoms with Gasteiger partial charge in [-0.1, -0.05) is 11.6 Å². The van der Waals surface area contributed by atoms with E-state index >= 15 is 0 Å². The number of carbonyl (C=O) groups excluding carboxylic acids is 1. The lowest BCUT2D eigenvalue weighted by Crippen LogP contribution is -2.33. The Balaban J connectivity index is 2.07. The second-order valence-corrected chi connectivity index (χ2v) is 6.28. The fourth-order valence-corrected chi connectivity index (χ4v) is 3.13. The summed E-state index contributed by atoms with van der Waals surface area (Å²) in [5, 5.41) is 12.7. The minimum Gasteiger partial charge on any atom is -0.396 e. The monoisotopic (exact) mass is 341 g/mol. The number of aromatic nitrogens is 2. The third kappa shape index (κ3) is 4.72. The van der Waals surface area contributed by atoms with Gasteiger partial charge in [-0.15, -0.1) is 0 Å². The number of hydrogen-bond donors (Lipinski definition) is 2. The Labute approximate surface area is 140 Å². The van der Waals surface area contributed by atoms with Gasteiger partial charge in [0.1, 0.15) is 0 Å². The van der Waals surface area contributed by atoms with Gasteiger partial charge in [0.2, 0.25) is 5.91 Å². The van der Waals surface area contributed by atoms with Crippen molar-refractivity contribution in [1.82, 2.24) is 14.7 Å². The number of amides is 1. The predicted molar refractivity (Wildman–Crippen MR) is 89.5 cm³/mol. The van der Waals surface area contributed by atoms with E-state index in [0.29, 0.717) is 25.2 Å². The van der Waals surface area contributed by atoms with Gasteiger partial charge in [0.25, 0.3) is 5.56 Å². The normalized spacial score (nSPS) is 17.9. The average molecular weight is 342 g/mol. The Bertz CT molecular complexity index is 620. The minimum atomic E-state index is -0.140. The molecule has 1 aliphatic rings. The molecule has 2 N–H and O–H groups in total. The van der Waals surface area contributed by atoms with Gasteiger partial charge in [-0.05, 0) is 38.7 Å². The maximum atomic E-state index is 12.3. The minimum absolute atomic E-state index is 0.0495. The molecule has 1 atom stereocenters. The number of aliphatic hydroxyl groups excluding tert-OH is 1. The van der Waals surface area contributed by atoms with Crippen LogP contribution in [0.25, 0.3) is 0 Å². The van der Waals surface area contributed by atoms with E-state index in [2.05, 4.69) is 5.10 Å². The lowest BCUT2D eigenvalue weighted by atomic mass is 10.0. The standard InChI is InChI=1S/C16H24ClN3O3/c1-2-19(7-4-8-21)15(22)10-13-11-16(23)20(18-13)14-6-3-5-12(17)9-14/h9,11,14,18,21H,2-8,10H2,1H3. The SMILES string of the molecule is CCN(CCCO)C(=O)Cc1cc(=O)n(C2C=C(Cl)CCC2)[nH]1. The molecule has 0 spiro atoms. The summed E-state index contributed by atoms with van der Waals surface area (Å²) in [4.78, 5) is 26.1. The molecule has 0 bridgehead atoms. The molecule has 0 fully saturated rings. The molecule has 1 amide bonds. The highest BCUT2D eigenvalue weighted by Crippen LogP contribution is 2.27. The van der Waals surface area contributed by atoms with Gasteiger partial charge in [-0.25, -0.2) is 4.68 Å². The third-order valence-electron chi connectivity index (χ3n) is 4.08. The van der Waals surface area contributed by atoms with Crippen LogP contribution in [0.4, 0.5) is 0 Å². The summed E-state index contributed by atoms with van der Waals surface area (Å²) in [6, 6.07) is 1.41. The highest BCUT2D eigenvalue weighted by Gasteiger charge is 2.19. The summed E-state index contributed by atoms with van der Waals surface area (Å²) >= 11 is 6.06. The van der Waals surface area contributed by atoms with E-state index in [1.165, 1.54) is 6.07 Å². The smallest absolute Gasteiger partial charge is 0.267 e. The van der Waals surface area contributed by atoms with Crippen LogP contribution >= 0.6 is 11.6 Å². The van der Waals surface area contributed by atoms with Gasteiger partial charge in [0.05, 0.1) is 12.5 Å². The highest BCUT2D eigenvalue weighted by atomic mass is 35.5. The molecule has 1 aromatic heterocycles. The van der Waals surface area contributed by atoms with Crippen LogP contribution in [0.3, 0.4) is 0 Å². The molecule has 0 aliphatic heterocycles. The molecule has 0 radical (unpaired) electrons. The van der Waals surface area contributed by atoms with Gasteiger partial charge < -0.3 is 10.0 Å². The number of nitrogens with zero attached hydrogens (tertiary/aromatic N) is 2. The molecular weight excluding hydrogens is 318 g/mol. The van der Waals surface area contributed by atoms with Gasteiger partial charge in [0.15, 0.2) is 0 Å². The van der Waals surface area contributed by atoms with Crippen LogP contribution in [0.1, 0.15) is 44.3 Å². The van der Waals surface area contributed by atoms with Crippen molar-refractivity contribution < 1.29 is 9.90 Å². The summed E-state index contributed by atoms with van der Waals surface area (Å²) in [6.07, 6.45) is 5.28. The van der Waals surface area contributed by atoms with Gasteiger partial charge >= 0.3 is 0 Å². The summed E-state index contributed by atoms with van der Waals surface area (Å²) in [5.74, 6) is -0.0495. The van der Waals surface area contributed by atoms with Gasteiger partial charge in [-0.2, -0.15) is 0 Å². The van der Waals surface area contributed by atoms with E-state index < -0.39 is 0 Å². The van der Waals surface area contributed by atoms with Gasteiger partial charge in [0, 0.05) is 36.5 Å². The van der Waals surface area contributed by atoms with E-state index in [0.717, 1.165) is 24.3 Å². The predicted octanol–water partition coefficient (Wildman–Crippen LogP) is 1.80. The molecule has 6 nitrogen and oxygen atoms in total. The van der Waals surface area contributed by atoms with E-state index in [1.54, 1.807) is 9.58 Å². The van der Waals surface area contributed by atoms with E-state index in [1.807, 2.05) is 13.0 Å². The highest BCUT2D eigenvalue weighted by molar-refractivity contribution is 6.29. The first-order valence-corrected chi connectivity index (χ1v) is 8.48. The summed E-state index contributed by atoms with van der Waals surface area (Å²) in [5.41, 5.74) is 0.469. The molecule has 0 saturated heterocycles. The summed E-state index contributed by atoms with van der Waals surface area (Å²) in [7, 11) is 0. The molecule has 1 unspecified atom stereocenters. The van der Waals surface area contributed by atoms with E-state index in [9.17, 15) is 9.59 Å².